The summed E-state index contributed by atoms with van der Waals surface area (Å²) in [6, 6.07) is -0.202. The van der Waals surface area contributed by atoms with Gasteiger partial charge in [0.25, 0.3) is 5.91 Å². The second-order valence-electron chi connectivity index (χ2n) is 4.69. The first kappa shape index (κ1) is 16.0. The van der Waals surface area contributed by atoms with Crippen LogP contribution >= 0.6 is 11.6 Å². The third-order valence-electron chi connectivity index (χ3n) is 2.36. The van der Waals surface area contributed by atoms with Crippen molar-refractivity contribution in [2.75, 3.05) is 12.0 Å². The number of rotatable bonds is 5. The summed E-state index contributed by atoms with van der Waals surface area (Å²) in [4.78, 5) is 20.3. The van der Waals surface area contributed by atoms with Crippen molar-refractivity contribution in [2.45, 2.75) is 32.7 Å². The van der Waals surface area contributed by atoms with E-state index in [4.69, 9.17) is 11.6 Å². The molecule has 5 nitrogen and oxygen atoms in total. The van der Waals surface area contributed by atoms with Gasteiger partial charge in [-0.05, 0) is 6.92 Å². The Morgan fingerprint density at radius 3 is 2.63 bits per heavy atom. The van der Waals surface area contributed by atoms with Gasteiger partial charge in [-0.25, -0.2) is 9.97 Å². The van der Waals surface area contributed by atoms with Crippen molar-refractivity contribution in [3.8, 4) is 0 Å². The van der Waals surface area contributed by atoms with E-state index in [-0.39, 0.29) is 28.6 Å². The van der Waals surface area contributed by atoms with Crippen LogP contribution in [0.15, 0.2) is 6.20 Å². The number of hydrogen-bond acceptors (Lipinski definition) is 4. The van der Waals surface area contributed by atoms with Gasteiger partial charge in [-0.1, -0.05) is 25.4 Å². The van der Waals surface area contributed by atoms with E-state index in [1.165, 1.54) is 6.20 Å². The molecule has 0 spiro atoms. The van der Waals surface area contributed by atoms with Crippen molar-refractivity contribution in [3.05, 3.63) is 22.7 Å². The molecule has 1 rings (SSSR count). The minimum atomic E-state index is -0.966. The first-order valence-corrected chi connectivity index (χ1v) is 8.05. The lowest BCUT2D eigenvalue weighted by atomic mass is 10.2. The van der Waals surface area contributed by atoms with Gasteiger partial charge in [0.2, 0.25) is 0 Å². The van der Waals surface area contributed by atoms with E-state index in [9.17, 15) is 9.00 Å². The van der Waals surface area contributed by atoms with Crippen LogP contribution in [0.4, 0.5) is 0 Å². The number of hydrogen-bond donors (Lipinski definition) is 1. The van der Waals surface area contributed by atoms with Crippen LogP contribution in [0, 0.1) is 0 Å². The SMILES string of the molecule is CC(CS(C)=O)NC(=O)c1nc(C(C)C)ncc1Cl. The number of nitrogens with zero attached hydrogens (tertiary/aromatic N) is 2. The lowest BCUT2D eigenvalue weighted by molar-refractivity contribution is 0.0938. The summed E-state index contributed by atoms with van der Waals surface area (Å²) in [5, 5.41) is 2.94. The van der Waals surface area contributed by atoms with Crippen molar-refractivity contribution in [2.24, 2.45) is 0 Å². The predicted molar refractivity (Wildman–Crippen MR) is 77.0 cm³/mol. The summed E-state index contributed by atoms with van der Waals surface area (Å²) in [6.07, 6.45) is 3.03. The highest BCUT2D eigenvalue weighted by atomic mass is 35.5. The van der Waals surface area contributed by atoms with Crippen LogP contribution in [0.5, 0.6) is 0 Å². The molecule has 0 fully saturated rings. The summed E-state index contributed by atoms with van der Waals surface area (Å²) in [5.74, 6) is 0.712. The molecular weight excluding hydrogens is 286 g/mol. The van der Waals surface area contributed by atoms with Crippen molar-refractivity contribution in [1.82, 2.24) is 15.3 Å². The predicted octanol–water partition coefficient (Wildman–Crippen LogP) is 1.75. The molecule has 0 saturated heterocycles. The van der Waals surface area contributed by atoms with Crippen LogP contribution in [0.25, 0.3) is 0 Å². The highest BCUT2D eigenvalue weighted by Crippen LogP contribution is 2.16. The topological polar surface area (TPSA) is 72.0 Å². The van der Waals surface area contributed by atoms with Gasteiger partial charge < -0.3 is 5.32 Å². The first-order valence-electron chi connectivity index (χ1n) is 5.94. The molecule has 0 bridgehead atoms. The van der Waals surface area contributed by atoms with Gasteiger partial charge in [-0.15, -0.1) is 0 Å². The number of aromatic nitrogens is 2. The van der Waals surface area contributed by atoms with Crippen LogP contribution < -0.4 is 5.32 Å². The Morgan fingerprint density at radius 2 is 2.11 bits per heavy atom. The normalized spacial score (nSPS) is 14.2. The third-order valence-corrected chi connectivity index (χ3v) is 3.60. The highest BCUT2D eigenvalue weighted by molar-refractivity contribution is 7.84. The molecule has 19 heavy (non-hydrogen) atoms. The van der Waals surface area contributed by atoms with Crippen molar-refractivity contribution >= 4 is 28.3 Å². The molecule has 2 atom stereocenters. The van der Waals surface area contributed by atoms with Gasteiger partial charge >= 0.3 is 0 Å². The van der Waals surface area contributed by atoms with Gasteiger partial charge in [-0.3, -0.25) is 9.00 Å². The lowest BCUT2D eigenvalue weighted by Crippen LogP contribution is -2.37. The number of amides is 1. The lowest BCUT2D eigenvalue weighted by Gasteiger charge is -2.13. The molecule has 0 aliphatic carbocycles. The molecule has 106 valence electrons. The molecule has 0 saturated carbocycles. The Balaban J connectivity index is 2.87. The first-order chi connectivity index (χ1) is 8.81. The van der Waals surface area contributed by atoms with E-state index in [1.807, 2.05) is 13.8 Å². The van der Waals surface area contributed by atoms with Gasteiger partial charge in [0, 0.05) is 34.8 Å². The van der Waals surface area contributed by atoms with Crippen LogP contribution in [0.1, 0.15) is 43.0 Å². The molecule has 0 aliphatic heterocycles. The fourth-order valence-corrected chi connectivity index (χ4v) is 2.47. The second-order valence-corrected chi connectivity index (χ2v) is 6.58. The smallest absolute Gasteiger partial charge is 0.271 e. The zero-order chi connectivity index (χ0) is 14.6. The Kier molecular flexibility index (Phi) is 5.87. The second kappa shape index (κ2) is 6.96. The van der Waals surface area contributed by atoms with Crippen LogP contribution in [-0.4, -0.2) is 38.1 Å². The van der Waals surface area contributed by atoms with E-state index in [1.54, 1.807) is 13.2 Å². The summed E-state index contributed by atoms with van der Waals surface area (Å²) in [5.41, 5.74) is 0.161. The Bertz CT molecular complexity index is 494. The van der Waals surface area contributed by atoms with Crippen LogP contribution in [-0.2, 0) is 10.8 Å². The average Bonchev–Trinajstić information content (AvgIpc) is 2.27. The molecule has 1 heterocycles. The maximum absolute atomic E-state index is 12.0. The van der Waals surface area contributed by atoms with Crippen LogP contribution in [0.3, 0.4) is 0 Å². The summed E-state index contributed by atoms with van der Waals surface area (Å²) < 4.78 is 11.1. The van der Waals surface area contributed by atoms with E-state index in [0.29, 0.717) is 11.6 Å². The molecule has 2 unspecified atom stereocenters. The number of carbonyl (C=O) groups is 1. The third kappa shape index (κ3) is 4.87. The highest BCUT2D eigenvalue weighted by Gasteiger charge is 2.17. The summed E-state index contributed by atoms with van der Waals surface area (Å²) in [7, 11) is -0.966. The Labute approximate surface area is 120 Å². The van der Waals surface area contributed by atoms with E-state index >= 15 is 0 Å². The largest absolute Gasteiger partial charge is 0.347 e. The van der Waals surface area contributed by atoms with Gasteiger partial charge in [0.05, 0.1) is 11.2 Å². The minimum Gasteiger partial charge on any atom is -0.347 e. The van der Waals surface area contributed by atoms with E-state index in [0.717, 1.165) is 0 Å². The molecule has 1 aromatic rings. The van der Waals surface area contributed by atoms with E-state index in [2.05, 4.69) is 15.3 Å². The molecule has 1 N–H and O–H groups in total. The molecule has 7 heteroatoms. The standard InChI is InChI=1S/C12H18ClN3O2S/c1-7(2)11-14-5-9(13)10(16-11)12(17)15-8(3)6-19(4)18/h5,7-8H,6H2,1-4H3,(H,15,17). The Hall–Kier alpha value is -1.01. The number of halogens is 1. The van der Waals surface area contributed by atoms with Gasteiger partial charge in [0.1, 0.15) is 11.5 Å². The molecular formula is C12H18ClN3O2S. The molecule has 0 aromatic carbocycles. The van der Waals surface area contributed by atoms with E-state index < -0.39 is 10.8 Å². The average molecular weight is 304 g/mol. The maximum atomic E-state index is 12.0. The zero-order valence-electron chi connectivity index (χ0n) is 11.4. The fourth-order valence-electron chi connectivity index (χ4n) is 1.50. The molecule has 0 aliphatic rings. The number of nitrogens with one attached hydrogen (secondary N) is 1. The monoisotopic (exact) mass is 303 g/mol. The van der Waals surface area contributed by atoms with Crippen molar-refractivity contribution < 1.29 is 9.00 Å². The van der Waals surface area contributed by atoms with Gasteiger partial charge in [0.15, 0.2) is 0 Å². The summed E-state index contributed by atoms with van der Waals surface area (Å²) >= 11 is 5.94. The molecule has 0 radical (unpaired) electrons. The quantitative estimate of drug-likeness (QED) is 0.899. The summed E-state index contributed by atoms with van der Waals surface area (Å²) in [6.45, 7) is 5.67. The van der Waals surface area contributed by atoms with Crippen molar-refractivity contribution in [1.29, 1.82) is 0 Å². The fraction of sp³-hybridized carbons (Fsp3) is 0.583. The maximum Gasteiger partial charge on any atom is 0.271 e. The molecule has 1 amide bonds. The van der Waals surface area contributed by atoms with Gasteiger partial charge in [-0.2, -0.15) is 0 Å². The minimum absolute atomic E-state index is 0.115. The van der Waals surface area contributed by atoms with Crippen LogP contribution in [0.2, 0.25) is 5.02 Å². The molecule has 1 aromatic heterocycles. The number of carbonyl (C=O) groups excluding carboxylic acids is 1. The van der Waals surface area contributed by atoms with Crippen molar-refractivity contribution in [3.63, 3.8) is 0 Å². The zero-order valence-corrected chi connectivity index (χ0v) is 13.0. The Morgan fingerprint density at radius 1 is 1.47 bits per heavy atom.